The fourth-order valence-corrected chi connectivity index (χ4v) is 2.50. The first-order chi connectivity index (χ1) is 11.5. The number of carbonyl (C=O) groups is 2. The van der Waals surface area contributed by atoms with Crippen LogP contribution in [0.3, 0.4) is 0 Å². The Morgan fingerprint density at radius 3 is 2.38 bits per heavy atom. The first kappa shape index (κ1) is 18.0. The average Bonchev–Trinajstić information content (AvgIpc) is 2.57. The van der Waals surface area contributed by atoms with Gasteiger partial charge in [0.25, 0.3) is 5.91 Å². The molecule has 2 aromatic carbocycles. The van der Waals surface area contributed by atoms with Crippen LogP contribution in [0.5, 0.6) is 0 Å². The van der Waals surface area contributed by atoms with Gasteiger partial charge in [-0.25, -0.2) is 0 Å². The summed E-state index contributed by atoms with van der Waals surface area (Å²) < 4.78 is 0. The van der Waals surface area contributed by atoms with Gasteiger partial charge in [-0.2, -0.15) is 0 Å². The topological polar surface area (TPSA) is 58.2 Å². The summed E-state index contributed by atoms with van der Waals surface area (Å²) in [6.45, 7) is 3.76. The van der Waals surface area contributed by atoms with E-state index in [9.17, 15) is 9.59 Å². The predicted molar refractivity (Wildman–Crippen MR) is 97.4 cm³/mol. The molecule has 0 heterocycles. The first-order valence-corrected chi connectivity index (χ1v) is 8.34. The number of carbonyl (C=O) groups excluding carboxylic acids is 2. The van der Waals surface area contributed by atoms with Gasteiger partial charge >= 0.3 is 0 Å². The molecule has 0 aliphatic carbocycles. The van der Waals surface area contributed by atoms with E-state index in [4.69, 9.17) is 11.6 Å². The van der Waals surface area contributed by atoms with Gasteiger partial charge in [-0.1, -0.05) is 49.2 Å². The predicted octanol–water partition coefficient (Wildman–Crippen LogP) is 4.05. The van der Waals surface area contributed by atoms with E-state index in [0.29, 0.717) is 16.3 Å². The van der Waals surface area contributed by atoms with E-state index in [1.807, 2.05) is 24.3 Å². The third-order valence-electron chi connectivity index (χ3n) is 3.62. The lowest BCUT2D eigenvalue weighted by atomic mass is 10.1. The normalized spacial score (nSPS) is 11.6. The van der Waals surface area contributed by atoms with Crippen molar-refractivity contribution in [1.82, 2.24) is 5.32 Å². The SMILES string of the molecule is CCCc1ccc(NC(=O)C(C)NC(=O)c2ccccc2Cl)cc1. The summed E-state index contributed by atoms with van der Waals surface area (Å²) in [6.07, 6.45) is 2.09. The highest BCUT2D eigenvalue weighted by molar-refractivity contribution is 6.33. The molecule has 0 aliphatic heterocycles. The summed E-state index contributed by atoms with van der Waals surface area (Å²) in [5.41, 5.74) is 2.29. The number of aryl methyl sites for hydroxylation is 1. The Kier molecular flexibility index (Phi) is 6.38. The largest absolute Gasteiger partial charge is 0.340 e. The standard InChI is InChI=1S/C19H21ClN2O2/c1-3-6-14-9-11-15(12-10-14)22-18(23)13(2)21-19(24)16-7-4-5-8-17(16)20/h4-5,7-13H,3,6H2,1-2H3,(H,21,24)(H,22,23). The minimum absolute atomic E-state index is 0.279. The van der Waals surface area contributed by atoms with E-state index >= 15 is 0 Å². The molecule has 1 atom stereocenters. The van der Waals surface area contributed by atoms with Crippen molar-refractivity contribution < 1.29 is 9.59 Å². The van der Waals surface area contributed by atoms with E-state index < -0.39 is 6.04 Å². The second-order valence-electron chi connectivity index (χ2n) is 5.61. The minimum Gasteiger partial charge on any atom is -0.340 e. The Bertz CT molecular complexity index is 714. The molecule has 24 heavy (non-hydrogen) atoms. The van der Waals surface area contributed by atoms with Crippen LogP contribution < -0.4 is 10.6 Å². The Balaban J connectivity index is 1.94. The smallest absolute Gasteiger partial charge is 0.253 e. The molecule has 2 amide bonds. The fourth-order valence-electron chi connectivity index (χ4n) is 2.28. The Hall–Kier alpha value is -2.33. The third-order valence-corrected chi connectivity index (χ3v) is 3.95. The molecule has 5 heteroatoms. The van der Waals surface area contributed by atoms with Gasteiger partial charge in [-0.3, -0.25) is 9.59 Å². The summed E-state index contributed by atoms with van der Waals surface area (Å²) in [5.74, 6) is -0.653. The second kappa shape index (κ2) is 8.50. The monoisotopic (exact) mass is 344 g/mol. The lowest BCUT2D eigenvalue weighted by molar-refractivity contribution is -0.117. The molecule has 0 saturated carbocycles. The van der Waals surface area contributed by atoms with Crippen LogP contribution in [-0.4, -0.2) is 17.9 Å². The van der Waals surface area contributed by atoms with E-state index in [0.717, 1.165) is 12.8 Å². The Morgan fingerprint density at radius 1 is 1.08 bits per heavy atom. The van der Waals surface area contributed by atoms with Crippen molar-refractivity contribution in [2.45, 2.75) is 32.7 Å². The molecule has 0 aromatic heterocycles. The number of hydrogen-bond donors (Lipinski definition) is 2. The molecule has 126 valence electrons. The van der Waals surface area contributed by atoms with Crippen LogP contribution in [-0.2, 0) is 11.2 Å². The highest BCUT2D eigenvalue weighted by Gasteiger charge is 2.18. The molecule has 0 aliphatic rings. The second-order valence-corrected chi connectivity index (χ2v) is 6.02. The summed E-state index contributed by atoms with van der Waals surface area (Å²) in [7, 11) is 0. The molecule has 2 aromatic rings. The van der Waals surface area contributed by atoms with Crippen molar-refractivity contribution >= 4 is 29.1 Å². The molecule has 0 spiro atoms. The maximum Gasteiger partial charge on any atom is 0.253 e. The van der Waals surface area contributed by atoms with Gasteiger partial charge in [-0.15, -0.1) is 0 Å². The van der Waals surface area contributed by atoms with E-state index in [1.165, 1.54) is 5.56 Å². The van der Waals surface area contributed by atoms with Gasteiger partial charge in [0.05, 0.1) is 10.6 Å². The number of hydrogen-bond acceptors (Lipinski definition) is 2. The van der Waals surface area contributed by atoms with Crippen LogP contribution in [0, 0.1) is 0 Å². The quantitative estimate of drug-likeness (QED) is 0.830. The number of benzene rings is 2. The lowest BCUT2D eigenvalue weighted by Crippen LogP contribution is -2.41. The number of amides is 2. The first-order valence-electron chi connectivity index (χ1n) is 7.96. The molecular weight excluding hydrogens is 324 g/mol. The lowest BCUT2D eigenvalue weighted by Gasteiger charge is -2.15. The molecule has 0 bridgehead atoms. The zero-order valence-electron chi connectivity index (χ0n) is 13.8. The van der Waals surface area contributed by atoms with Crippen LogP contribution in [0.4, 0.5) is 5.69 Å². The van der Waals surface area contributed by atoms with Crippen LogP contribution in [0.2, 0.25) is 5.02 Å². The van der Waals surface area contributed by atoms with Gasteiger partial charge in [0, 0.05) is 5.69 Å². The van der Waals surface area contributed by atoms with E-state index in [2.05, 4.69) is 17.6 Å². The minimum atomic E-state index is -0.677. The highest BCUT2D eigenvalue weighted by atomic mass is 35.5. The van der Waals surface area contributed by atoms with Crippen molar-refractivity contribution in [2.75, 3.05) is 5.32 Å². The zero-order chi connectivity index (χ0) is 17.5. The third kappa shape index (κ3) is 4.83. The van der Waals surface area contributed by atoms with Crippen LogP contribution in [0.25, 0.3) is 0 Å². The maximum absolute atomic E-state index is 12.2. The molecule has 2 rings (SSSR count). The van der Waals surface area contributed by atoms with Crippen molar-refractivity contribution in [3.05, 3.63) is 64.7 Å². The average molecular weight is 345 g/mol. The van der Waals surface area contributed by atoms with Crippen molar-refractivity contribution in [1.29, 1.82) is 0 Å². The molecule has 0 radical (unpaired) electrons. The molecule has 2 N–H and O–H groups in total. The van der Waals surface area contributed by atoms with Crippen molar-refractivity contribution in [3.8, 4) is 0 Å². The zero-order valence-corrected chi connectivity index (χ0v) is 14.6. The number of anilines is 1. The molecule has 0 fully saturated rings. The Morgan fingerprint density at radius 2 is 1.75 bits per heavy atom. The van der Waals surface area contributed by atoms with Gasteiger partial charge in [-0.05, 0) is 43.2 Å². The van der Waals surface area contributed by atoms with Crippen molar-refractivity contribution in [3.63, 3.8) is 0 Å². The number of nitrogens with one attached hydrogen (secondary N) is 2. The summed E-state index contributed by atoms with van der Waals surface area (Å²) >= 11 is 5.99. The van der Waals surface area contributed by atoms with E-state index in [-0.39, 0.29) is 11.8 Å². The van der Waals surface area contributed by atoms with Gasteiger partial charge in [0.2, 0.25) is 5.91 Å². The van der Waals surface area contributed by atoms with E-state index in [1.54, 1.807) is 31.2 Å². The number of halogens is 1. The molecular formula is C19H21ClN2O2. The molecule has 1 unspecified atom stereocenters. The molecule has 4 nitrogen and oxygen atoms in total. The van der Waals surface area contributed by atoms with Gasteiger partial charge in [0.1, 0.15) is 6.04 Å². The Labute approximate surface area is 147 Å². The number of rotatable bonds is 6. The maximum atomic E-state index is 12.2. The van der Waals surface area contributed by atoms with Crippen LogP contribution in [0.15, 0.2) is 48.5 Å². The molecule has 0 saturated heterocycles. The van der Waals surface area contributed by atoms with Crippen LogP contribution >= 0.6 is 11.6 Å². The van der Waals surface area contributed by atoms with Gasteiger partial charge in [0.15, 0.2) is 0 Å². The highest BCUT2D eigenvalue weighted by Crippen LogP contribution is 2.15. The summed E-state index contributed by atoms with van der Waals surface area (Å²) in [5, 5.41) is 5.80. The summed E-state index contributed by atoms with van der Waals surface area (Å²) in [6, 6.07) is 13.8. The summed E-state index contributed by atoms with van der Waals surface area (Å²) in [4.78, 5) is 24.4. The van der Waals surface area contributed by atoms with Crippen molar-refractivity contribution in [2.24, 2.45) is 0 Å². The van der Waals surface area contributed by atoms with Crippen LogP contribution in [0.1, 0.15) is 36.2 Å². The fraction of sp³-hybridized carbons (Fsp3) is 0.263. The van der Waals surface area contributed by atoms with Gasteiger partial charge < -0.3 is 10.6 Å².